The summed E-state index contributed by atoms with van der Waals surface area (Å²) in [6.07, 6.45) is 1.92. The molecule has 0 unspecified atom stereocenters. The average Bonchev–Trinajstić information content (AvgIpc) is 2.71. The quantitative estimate of drug-likeness (QED) is 0.348. The zero-order valence-corrected chi connectivity index (χ0v) is 12.9. The molecule has 1 nitrogen and oxygen atoms in total. The molecule has 1 aliphatic carbocycles. The van der Waals surface area contributed by atoms with E-state index in [1.54, 1.807) is 0 Å². The van der Waals surface area contributed by atoms with E-state index in [0.29, 0.717) is 0 Å². The molecule has 0 N–H and O–H groups in total. The Morgan fingerprint density at radius 2 is 1.43 bits per heavy atom. The van der Waals surface area contributed by atoms with Crippen LogP contribution < -0.4 is 0 Å². The third-order valence-corrected chi connectivity index (χ3v) is 4.73. The maximum Gasteiger partial charge on any atom is 0.0792 e. The molecule has 0 atom stereocenters. The van der Waals surface area contributed by atoms with E-state index in [1.807, 2.05) is 6.20 Å². The Balaban J connectivity index is 2.08. The first-order valence-electron chi connectivity index (χ1n) is 7.91. The van der Waals surface area contributed by atoms with Gasteiger partial charge in [0.2, 0.25) is 0 Å². The third-order valence-electron chi connectivity index (χ3n) is 4.73. The maximum absolute atomic E-state index is 4.74. The lowest BCUT2D eigenvalue weighted by molar-refractivity contribution is 1.36. The predicted octanol–water partition coefficient (Wildman–Crippen LogP) is 5.86. The van der Waals surface area contributed by atoms with Crippen molar-refractivity contribution < 1.29 is 0 Å². The molecule has 108 valence electrons. The van der Waals surface area contributed by atoms with E-state index >= 15 is 0 Å². The number of rotatable bonds is 0. The summed E-state index contributed by atoms with van der Waals surface area (Å²) in [6.45, 7) is 2.15. The van der Waals surface area contributed by atoms with Gasteiger partial charge in [-0.15, -0.1) is 0 Å². The lowest BCUT2D eigenvalue weighted by Gasteiger charge is -2.11. The fourth-order valence-electron chi connectivity index (χ4n) is 3.70. The minimum atomic E-state index is 1.09. The molecule has 0 saturated carbocycles. The lowest BCUT2D eigenvalue weighted by Crippen LogP contribution is -1.87. The lowest BCUT2D eigenvalue weighted by atomic mass is 9.93. The molecule has 1 aliphatic rings. The Kier molecular flexibility index (Phi) is 2.48. The van der Waals surface area contributed by atoms with Gasteiger partial charge < -0.3 is 0 Å². The van der Waals surface area contributed by atoms with Crippen LogP contribution in [-0.4, -0.2) is 4.98 Å². The highest BCUT2D eigenvalue weighted by molar-refractivity contribution is 6.12. The highest BCUT2D eigenvalue weighted by atomic mass is 14.7. The predicted molar refractivity (Wildman–Crippen MR) is 96.3 cm³/mol. The molecule has 0 radical (unpaired) electrons. The van der Waals surface area contributed by atoms with E-state index in [1.165, 1.54) is 44.2 Å². The molecule has 23 heavy (non-hydrogen) atoms. The summed E-state index contributed by atoms with van der Waals surface area (Å²) < 4.78 is 0. The molecule has 3 aromatic carbocycles. The van der Waals surface area contributed by atoms with Crippen molar-refractivity contribution in [3.63, 3.8) is 0 Å². The van der Waals surface area contributed by atoms with Crippen LogP contribution in [0.4, 0.5) is 0 Å². The molecule has 0 bridgehead atoms. The first-order valence-corrected chi connectivity index (χ1v) is 7.91. The molecule has 1 heterocycles. The Morgan fingerprint density at radius 3 is 2.35 bits per heavy atom. The summed E-state index contributed by atoms with van der Waals surface area (Å²) in [5, 5.41) is 2.50. The van der Waals surface area contributed by atoms with Gasteiger partial charge in [-0.3, -0.25) is 4.98 Å². The Bertz CT molecular complexity index is 1070. The number of hydrogen-bond acceptors (Lipinski definition) is 1. The molecule has 1 heteroatoms. The van der Waals surface area contributed by atoms with Crippen molar-refractivity contribution in [1.29, 1.82) is 0 Å². The third kappa shape index (κ3) is 1.71. The van der Waals surface area contributed by atoms with Crippen LogP contribution in [0.15, 0.2) is 72.9 Å². The fraction of sp³-hybridized carbons (Fsp3) is 0.0455. The number of benzene rings is 3. The minimum absolute atomic E-state index is 1.09. The van der Waals surface area contributed by atoms with Crippen LogP contribution in [0, 0.1) is 6.92 Å². The zero-order valence-electron chi connectivity index (χ0n) is 12.9. The van der Waals surface area contributed by atoms with Crippen molar-refractivity contribution in [3.05, 3.63) is 78.5 Å². The van der Waals surface area contributed by atoms with Crippen LogP contribution in [0.3, 0.4) is 0 Å². The van der Waals surface area contributed by atoms with Crippen LogP contribution in [0.1, 0.15) is 5.56 Å². The van der Waals surface area contributed by atoms with Crippen LogP contribution in [-0.2, 0) is 0 Å². The van der Waals surface area contributed by atoms with E-state index in [2.05, 4.69) is 73.7 Å². The van der Waals surface area contributed by atoms with E-state index in [9.17, 15) is 0 Å². The Labute approximate surface area is 135 Å². The van der Waals surface area contributed by atoms with Crippen LogP contribution in [0.5, 0.6) is 0 Å². The van der Waals surface area contributed by atoms with Crippen LogP contribution >= 0.6 is 0 Å². The van der Waals surface area contributed by atoms with Gasteiger partial charge in [0.15, 0.2) is 0 Å². The molecular weight excluding hydrogens is 278 g/mol. The number of nitrogens with zero attached hydrogens (tertiary/aromatic N) is 1. The second-order valence-electron chi connectivity index (χ2n) is 6.16. The number of fused-ring (bicyclic) bond motifs is 5. The van der Waals surface area contributed by atoms with Gasteiger partial charge in [-0.05, 0) is 40.6 Å². The highest BCUT2D eigenvalue weighted by Crippen LogP contribution is 2.46. The molecule has 0 amide bonds. The van der Waals surface area contributed by atoms with Gasteiger partial charge in [0.1, 0.15) is 0 Å². The zero-order chi connectivity index (χ0) is 15.4. The number of aryl methyl sites for hydroxylation is 1. The minimum Gasteiger partial charge on any atom is -0.256 e. The maximum atomic E-state index is 4.74. The van der Waals surface area contributed by atoms with Crippen molar-refractivity contribution in [3.8, 4) is 33.5 Å². The number of aromatic nitrogens is 1. The van der Waals surface area contributed by atoms with Gasteiger partial charge in [0.05, 0.1) is 5.69 Å². The molecule has 4 aromatic rings. The summed E-state index contributed by atoms with van der Waals surface area (Å²) in [6, 6.07) is 24.0. The van der Waals surface area contributed by atoms with Gasteiger partial charge in [0, 0.05) is 17.1 Å². The summed E-state index contributed by atoms with van der Waals surface area (Å²) in [7, 11) is 0. The van der Waals surface area contributed by atoms with E-state index < -0.39 is 0 Å². The number of pyridine rings is 1. The topological polar surface area (TPSA) is 12.9 Å². The first kappa shape index (κ1) is 12.6. The molecule has 0 aliphatic heterocycles. The largest absolute Gasteiger partial charge is 0.256 e. The molecule has 0 spiro atoms. The van der Waals surface area contributed by atoms with E-state index in [0.717, 1.165) is 5.69 Å². The van der Waals surface area contributed by atoms with E-state index in [-0.39, 0.29) is 0 Å². The summed E-state index contributed by atoms with van der Waals surface area (Å²) in [5.41, 5.74) is 8.72. The molecule has 1 aromatic heterocycles. The van der Waals surface area contributed by atoms with Crippen molar-refractivity contribution in [2.45, 2.75) is 6.92 Å². The highest BCUT2D eigenvalue weighted by Gasteiger charge is 2.21. The smallest absolute Gasteiger partial charge is 0.0792 e. The molecule has 0 saturated heterocycles. The second-order valence-corrected chi connectivity index (χ2v) is 6.16. The van der Waals surface area contributed by atoms with Crippen molar-refractivity contribution in [1.82, 2.24) is 4.98 Å². The van der Waals surface area contributed by atoms with Crippen molar-refractivity contribution in [2.75, 3.05) is 0 Å². The van der Waals surface area contributed by atoms with Gasteiger partial charge in [0.25, 0.3) is 0 Å². The Morgan fingerprint density at radius 1 is 0.652 bits per heavy atom. The SMILES string of the molecule is Cc1ccc2c(c1)-c1ccccc1-c1nccc3cccc-2c13. The second kappa shape index (κ2) is 4.53. The average molecular weight is 293 g/mol. The molecule has 0 fully saturated rings. The van der Waals surface area contributed by atoms with Crippen molar-refractivity contribution in [2.24, 2.45) is 0 Å². The fourth-order valence-corrected chi connectivity index (χ4v) is 3.70. The van der Waals surface area contributed by atoms with Crippen LogP contribution in [0.25, 0.3) is 44.3 Å². The Hall–Kier alpha value is -2.93. The summed E-state index contributed by atoms with van der Waals surface area (Å²) in [5.74, 6) is 0. The summed E-state index contributed by atoms with van der Waals surface area (Å²) >= 11 is 0. The molecule has 5 rings (SSSR count). The van der Waals surface area contributed by atoms with Crippen LogP contribution in [0.2, 0.25) is 0 Å². The first-order chi connectivity index (χ1) is 11.3. The van der Waals surface area contributed by atoms with E-state index in [4.69, 9.17) is 4.98 Å². The standard InChI is InChI=1S/C22H15N/c1-14-9-10-17-18-8-4-5-15-11-12-23-22(21(15)18)19-7-3-2-6-16(19)20(17)13-14/h2-13H,1H3. The normalized spacial score (nSPS) is 11.7. The van der Waals surface area contributed by atoms with Gasteiger partial charge >= 0.3 is 0 Å². The number of hydrogen-bond donors (Lipinski definition) is 0. The van der Waals surface area contributed by atoms with Gasteiger partial charge in [-0.25, -0.2) is 0 Å². The molecular formula is C22H15N. The monoisotopic (exact) mass is 293 g/mol. The van der Waals surface area contributed by atoms with Crippen molar-refractivity contribution >= 4 is 10.8 Å². The summed E-state index contributed by atoms with van der Waals surface area (Å²) in [4.78, 5) is 4.74. The van der Waals surface area contributed by atoms with Gasteiger partial charge in [-0.1, -0.05) is 66.2 Å². The van der Waals surface area contributed by atoms with Gasteiger partial charge in [-0.2, -0.15) is 0 Å².